The third kappa shape index (κ3) is 5.20. The van der Waals surface area contributed by atoms with Gasteiger partial charge in [-0.3, -0.25) is 0 Å². The molecule has 0 amide bonds. The van der Waals surface area contributed by atoms with Crippen molar-refractivity contribution in [3.63, 3.8) is 0 Å². The van der Waals surface area contributed by atoms with Crippen LogP contribution in [0.3, 0.4) is 0 Å². The number of carbonyl (C=O) groups excluding carboxylic acids is 1. The number of aliphatic hydroxyl groups is 2. The van der Waals surface area contributed by atoms with Crippen LogP contribution in [0.1, 0.15) is 15.9 Å². The van der Waals surface area contributed by atoms with Crippen LogP contribution in [0.15, 0.2) is 48.5 Å². The Kier molecular flexibility index (Phi) is 6.00. The zero-order valence-corrected chi connectivity index (χ0v) is 13.0. The molecule has 3 N–H and O–H groups in total. The molecule has 0 radical (unpaired) electrons. The molecule has 5 nitrogen and oxygen atoms in total. The molecule has 0 spiro atoms. The van der Waals surface area contributed by atoms with Crippen LogP contribution < -0.4 is 5.32 Å². The average Bonchev–Trinajstić information content (AvgIpc) is 2.59. The largest absolute Gasteiger partial charge is 0.459 e. The van der Waals surface area contributed by atoms with E-state index < -0.39 is 37.0 Å². The van der Waals surface area contributed by atoms with Crippen molar-refractivity contribution < 1.29 is 32.9 Å². The summed E-state index contributed by atoms with van der Waals surface area (Å²) in [7, 11) is 0. The Morgan fingerprint density at radius 2 is 1.88 bits per heavy atom. The normalized spacial score (nSPS) is 12.5. The molecule has 134 valence electrons. The molecule has 1 atom stereocenters. The van der Waals surface area contributed by atoms with Gasteiger partial charge >= 0.3 is 12.1 Å². The van der Waals surface area contributed by atoms with Gasteiger partial charge in [-0.15, -0.1) is 0 Å². The van der Waals surface area contributed by atoms with Crippen molar-refractivity contribution in [2.24, 2.45) is 0 Å². The number of halogens is 3. The van der Waals surface area contributed by atoms with Crippen LogP contribution in [0.4, 0.5) is 24.5 Å². The highest BCUT2D eigenvalue weighted by molar-refractivity contribution is 5.96. The zero-order chi connectivity index (χ0) is 18.4. The van der Waals surface area contributed by atoms with Gasteiger partial charge in [0.25, 0.3) is 0 Å². The van der Waals surface area contributed by atoms with Crippen LogP contribution in [0, 0.1) is 0 Å². The second-order valence-electron chi connectivity index (χ2n) is 5.18. The number of aliphatic hydroxyl groups excluding tert-OH is 2. The van der Waals surface area contributed by atoms with Gasteiger partial charge in [-0.1, -0.05) is 18.2 Å². The summed E-state index contributed by atoms with van der Waals surface area (Å²) in [4.78, 5) is 12.1. The van der Waals surface area contributed by atoms with Gasteiger partial charge in [-0.25, -0.2) is 4.79 Å². The van der Waals surface area contributed by atoms with Crippen molar-refractivity contribution in [2.75, 3.05) is 18.5 Å². The van der Waals surface area contributed by atoms with Crippen LogP contribution >= 0.6 is 0 Å². The fourth-order valence-electron chi connectivity index (χ4n) is 2.00. The van der Waals surface area contributed by atoms with Crippen molar-refractivity contribution >= 4 is 17.3 Å². The minimum absolute atomic E-state index is 0.0880. The Bertz CT molecular complexity index is 734. The van der Waals surface area contributed by atoms with E-state index in [1.54, 1.807) is 12.1 Å². The van der Waals surface area contributed by atoms with Crippen molar-refractivity contribution in [2.45, 2.75) is 12.3 Å². The first-order valence-electron chi connectivity index (χ1n) is 7.30. The fourth-order valence-corrected chi connectivity index (χ4v) is 2.00. The molecule has 0 aliphatic carbocycles. The van der Waals surface area contributed by atoms with E-state index in [4.69, 9.17) is 9.84 Å². The first kappa shape index (κ1) is 18.8. The highest BCUT2D eigenvalue weighted by atomic mass is 19.4. The molecule has 0 aromatic heterocycles. The van der Waals surface area contributed by atoms with Crippen LogP contribution in [0.5, 0.6) is 0 Å². The molecule has 0 aliphatic heterocycles. The molecule has 0 fully saturated rings. The summed E-state index contributed by atoms with van der Waals surface area (Å²) in [6.45, 7) is -0.954. The van der Waals surface area contributed by atoms with Crippen LogP contribution in [0.2, 0.25) is 0 Å². The number of nitrogens with one attached hydrogen (secondary N) is 1. The van der Waals surface area contributed by atoms with Crippen LogP contribution in [-0.2, 0) is 10.9 Å². The van der Waals surface area contributed by atoms with Gasteiger partial charge in [-0.2, -0.15) is 13.2 Å². The molecule has 0 aliphatic rings. The van der Waals surface area contributed by atoms with Crippen molar-refractivity contribution in [1.82, 2.24) is 0 Å². The SMILES string of the molecule is O=C(OCC(O)CO)c1ccccc1Nc1cccc(C(F)(F)F)c1. The maximum Gasteiger partial charge on any atom is 0.416 e. The van der Waals surface area contributed by atoms with Gasteiger partial charge in [0.15, 0.2) is 0 Å². The number of ether oxygens (including phenoxy) is 1. The number of hydrogen-bond acceptors (Lipinski definition) is 5. The molecule has 0 heterocycles. The second-order valence-corrected chi connectivity index (χ2v) is 5.18. The Labute approximate surface area is 141 Å². The van der Waals surface area contributed by atoms with E-state index in [1.807, 2.05) is 0 Å². The second kappa shape index (κ2) is 8.00. The number of alkyl halides is 3. The summed E-state index contributed by atoms with van der Waals surface area (Å²) in [5.74, 6) is -0.775. The predicted octanol–water partition coefficient (Wildman–Crippen LogP) is 2.96. The van der Waals surface area contributed by atoms with Gasteiger partial charge in [0, 0.05) is 5.69 Å². The van der Waals surface area contributed by atoms with Crippen molar-refractivity contribution in [3.8, 4) is 0 Å². The highest BCUT2D eigenvalue weighted by Gasteiger charge is 2.30. The Morgan fingerprint density at radius 1 is 1.16 bits per heavy atom. The summed E-state index contributed by atoms with van der Waals surface area (Å²) in [5, 5.41) is 20.7. The molecular weight excluding hydrogens is 339 g/mol. The lowest BCUT2D eigenvalue weighted by atomic mass is 10.1. The average molecular weight is 355 g/mol. The van der Waals surface area contributed by atoms with E-state index in [0.29, 0.717) is 0 Å². The molecule has 2 aromatic carbocycles. The third-order valence-corrected chi connectivity index (χ3v) is 3.23. The van der Waals surface area contributed by atoms with Gasteiger partial charge in [0.1, 0.15) is 12.7 Å². The number of esters is 1. The summed E-state index contributed by atoms with van der Waals surface area (Å²) >= 11 is 0. The van der Waals surface area contributed by atoms with Gasteiger partial charge < -0.3 is 20.3 Å². The monoisotopic (exact) mass is 355 g/mol. The molecule has 8 heteroatoms. The first-order chi connectivity index (χ1) is 11.8. The van der Waals surface area contributed by atoms with Gasteiger partial charge in [0.2, 0.25) is 0 Å². The number of anilines is 2. The molecule has 0 bridgehead atoms. The number of carbonyl (C=O) groups is 1. The zero-order valence-electron chi connectivity index (χ0n) is 13.0. The van der Waals surface area contributed by atoms with Crippen molar-refractivity contribution in [3.05, 3.63) is 59.7 Å². The molecular formula is C17H16F3NO4. The topological polar surface area (TPSA) is 78.8 Å². The maximum atomic E-state index is 12.8. The number of para-hydroxylation sites is 1. The number of hydrogen-bond donors (Lipinski definition) is 3. The molecule has 1 unspecified atom stereocenters. The molecule has 0 saturated heterocycles. The molecule has 25 heavy (non-hydrogen) atoms. The number of benzene rings is 2. The summed E-state index contributed by atoms with van der Waals surface area (Å²) in [5.41, 5.74) is -0.315. The molecule has 2 rings (SSSR count). The van der Waals surface area contributed by atoms with E-state index in [0.717, 1.165) is 12.1 Å². The van der Waals surface area contributed by atoms with Crippen LogP contribution in [-0.4, -0.2) is 35.5 Å². The maximum absolute atomic E-state index is 12.8. The lowest BCUT2D eigenvalue weighted by Crippen LogP contribution is -2.22. The predicted molar refractivity (Wildman–Crippen MR) is 84.5 cm³/mol. The van der Waals surface area contributed by atoms with Gasteiger partial charge in [-0.05, 0) is 30.3 Å². The smallest absolute Gasteiger partial charge is 0.416 e. The lowest BCUT2D eigenvalue weighted by Gasteiger charge is -2.14. The van der Waals surface area contributed by atoms with E-state index in [9.17, 15) is 23.1 Å². The van der Waals surface area contributed by atoms with E-state index in [2.05, 4.69) is 5.32 Å². The summed E-state index contributed by atoms with van der Waals surface area (Å²) in [6, 6.07) is 10.7. The highest BCUT2D eigenvalue weighted by Crippen LogP contribution is 2.31. The lowest BCUT2D eigenvalue weighted by molar-refractivity contribution is -0.137. The van der Waals surface area contributed by atoms with E-state index >= 15 is 0 Å². The third-order valence-electron chi connectivity index (χ3n) is 3.23. The standard InChI is InChI=1S/C17H16F3NO4/c18-17(19,20)11-4-3-5-12(8-11)21-15-7-2-1-6-14(15)16(24)25-10-13(23)9-22/h1-8,13,21-23H,9-10H2. The quantitative estimate of drug-likeness (QED) is 0.695. The van der Waals surface area contributed by atoms with E-state index in [1.165, 1.54) is 24.3 Å². The van der Waals surface area contributed by atoms with Crippen LogP contribution in [0.25, 0.3) is 0 Å². The Morgan fingerprint density at radius 3 is 2.56 bits per heavy atom. The molecule has 2 aromatic rings. The molecule has 0 saturated carbocycles. The Hall–Kier alpha value is -2.58. The fraction of sp³-hybridized carbons (Fsp3) is 0.235. The minimum Gasteiger partial charge on any atom is -0.459 e. The summed E-state index contributed by atoms with van der Waals surface area (Å²) < 4.78 is 43.2. The van der Waals surface area contributed by atoms with E-state index in [-0.39, 0.29) is 16.9 Å². The number of rotatable bonds is 6. The van der Waals surface area contributed by atoms with Crippen molar-refractivity contribution in [1.29, 1.82) is 0 Å². The summed E-state index contributed by atoms with van der Waals surface area (Å²) in [6.07, 6.45) is -5.68. The Balaban J connectivity index is 2.20. The van der Waals surface area contributed by atoms with Gasteiger partial charge in [0.05, 0.1) is 23.4 Å². The minimum atomic E-state index is -4.48. The first-order valence-corrected chi connectivity index (χ1v) is 7.30.